The number of nitrogens with zero attached hydrogens (tertiary/aromatic N) is 3. The summed E-state index contributed by atoms with van der Waals surface area (Å²) in [4.78, 5) is 21.5. The van der Waals surface area contributed by atoms with Gasteiger partial charge in [-0.25, -0.2) is 9.78 Å². The molecule has 0 bridgehead atoms. The molecule has 0 radical (unpaired) electrons. The van der Waals surface area contributed by atoms with Crippen molar-refractivity contribution in [2.75, 3.05) is 39.3 Å². The number of aromatic nitrogens is 1. The first-order valence-corrected chi connectivity index (χ1v) is 11.6. The number of urea groups is 1. The van der Waals surface area contributed by atoms with Crippen LogP contribution in [0.4, 0.5) is 4.79 Å². The molecule has 2 heterocycles. The fourth-order valence-electron chi connectivity index (χ4n) is 4.47. The van der Waals surface area contributed by atoms with E-state index < -0.39 is 0 Å². The number of pyridine rings is 1. The summed E-state index contributed by atoms with van der Waals surface area (Å²) >= 11 is 0. The van der Waals surface area contributed by atoms with E-state index in [-0.39, 0.29) is 6.03 Å². The second-order valence-electron chi connectivity index (χ2n) is 9.06. The van der Waals surface area contributed by atoms with Crippen molar-refractivity contribution >= 4 is 6.03 Å². The van der Waals surface area contributed by atoms with E-state index in [1.165, 1.54) is 51.5 Å². The maximum atomic E-state index is 12.6. The molecule has 1 aromatic heterocycles. The average molecular weight is 401 g/mol. The lowest BCUT2D eigenvalue weighted by molar-refractivity contribution is 0.189. The van der Waals surface area contributed by atoms with Crippen LogP contribution in [0.5, 0.6) is 5.88 Å². The maximum Gasteiger partial charge on any atom is 0.317 e. The summed E-state index contributed by atoms with van der Waals surface area (Å²) in [7, 11) is 0. The zero-order valence-corrected chi connectivity index (χ0v) is 17.7. The van der Waals surface area contributed by atoms with Gasteiger partial charge in [-0.2, -0.15) is 0 Å². The number of hydrogen-bond acceptors (Lipinski definition) is 4. The number of carbonyl (C=O) groups excluding carboxylic acids is 1. The van der Waals surface area contributed by atoms with E-state index in [0.717, 1.165) is 56.6 Å². The van der Waals surface area contributed by atoms with Crippen LogP contribution in [0.25, 0.3) is 0 Å². The Morgan fingerprint density at radius 3 is 2.62 bits per heavy atom. The number of nitrogens with one attached hydrogen (secondary N) is 1. The third-order valence-corrected chi connectivity index (χ3v) is 6.52. The van der Waals surface area contributed by atoms with Gasteiger partial charge in [-0.15, -0.1) is 0 Å². The molecule has 0 spiro atoms. The predicted molar refractivity (Wildman–Crippen MR) is 114 cm³/mol. The molecule has 0 unspecified atom stereocenters. The lowest BCUT2D eigenvalue weighted by Gasteiger charge is -2.28. The van der Waals surface area contributed by atoms with Crippen molar-refractivity contribution < 1.29 is 9.53 Å². The second kappa shape index (κ2) is 10.3. The zero-order chi connectivity index (χ0) is 19.9. The Morgan fingerprint density at radius 2 is 1.86 bits per heavy atom. The zero-order valence-electron chi connectivity index (χ0n) is 17.7. The number of carbonyl (C=O) groups is 1. The largest absolute Gasteiger partial charge is 0.477 e. The van der Waals surface area contributed by atoms with Gasteiger partial charge < -0.3 is 19.9 Å². The molecule has 3 fully saturated rings. The Balaban J connectivity index is 1.17. The summed E-state index contributed by atoms with van der Waals surface area (Å²) in [6, 6.07) is 3.93. The fraction of sp³-hybridized carbons (Fsp3) is 0.739. The highest BCUT2D eigenvalue weighted by molar-refractivity contribution is 5.74. The second-order valence-corrected chi connectivity index (χ2v) is 9.06. The molecule has 1 aliphatic heterocycles. The van der Waals surface area contributed by atoms with Crippen molar-refractivity contribution in [3.63, 3.8) is 0 Å². The molecule has 3 aliphatic rings. The van der Waals surface area contributed by atoms with Crippen LogP contribution >= 0.6 is 0 Å². The smallest absolute Gasteiger partial charge is 0.317 e. The van der Waals surface area contributed by atoms with Crippen molar-refractivity contribution in [1.29, 1.82) is 0 Å². The van der Waals surface area contributed by atoms with Gasteiger partial charge in [-0.1, -0.05) is 25.3 Å². The van der Waals surface area contributed by atoms with E-state index >= 15 is 0 Å². The first-order chi connectivity index (χ1) is 14.3. The molecule has 2 saturated carbocycles. The van der Waals surface area contributed by atoms with Gasteiger partial charge in [-0.3, -0.25) is 0 Å². The molecule has 4 rings (SSSR count). The third kappa shape index (κ3) is 6.59. The minimum Gasteiger partial charge on any atom is -0.477 e. The molecule has 1 aromatic rings. The van der Waals surface area contributed by atoms with Crippen LogP contribution < -0.4 is 10.1 Å². The van der Waals surface area contributed by atoms with Gasteiger partial charge in [0.05, 0.1) is 6.61 Å². The molecule has 0 aromatic carbocycles. The summed E-state index contributed by atoms with van der Waals surface area (Å²) in [5.74, 6) is 2.27. The number of amides is 2. The Hall–Kier alpha value is -1.82. The van der Waals surface area contributed by atoms with Crippen LogP contribution in [0.2, 0.25) is 0 Å². The molecule has 1 N–H and O–H groups in total. The highest BCUT2D eigenvalue weighted by Gasteiger charge is 2.23. The summed E-state index contributed by atoms with van der Waals surface area (Å²) in [5.41, 5.74) is 1.01. The van der Waals surface area contributed by atoms with Crippen LogP contribution in [0, 0.1) is 11.8 Å². The normalized spacial score (nSPS) is 21.6. The van der Waals surface area contributed by atoms with E-state index in [0.29, 0.717) is 12.4 Å². The van der Waals surface area contributed by atoms with Gasteiger partial charge in [0.2, 0.25) is 5.88 Å². The highest BCUT2D eigenvalue weighted by Crippen LogP contribution is 2.29. The molecule has 2 amide bonds. The first kappa shape index (κ1) is 20.5. The summed E-state index contributed by atoms with van der Waals surface area (Å²) in [6.07, 6.45) is 12.4. The van der Waals surface area contributed by atoms with E-state index in [9.17, 15) is 4.79 Å². The Labute approximate surface area is 175 Å². The van der Waals surface area contributed by atoms with Crippen molar-refractivity contribution in [2.45, 2.75) is 57.9 Å². The lowest BCUT2D eigenvalue weighted by Crippen LogP contribution is -2.42. The molecular weight excluding hydrogens is 364 g/mol. The average Bonchev–Trinajstić information content (AvgIpc) is 3.60. The molecule has 160 valence electrons. The van der Waals surface area contributed by atoms with Gasteiger partial charge >= 0.3 is 6.03 Å². The standard InChI is InChI=1S/C23H36N4O2/c28-23(25-16-21-9-10-22(24-15-21)29-18-20-7-8-20)27-12-4-11-26(13-14-27)17-19-5-2-1-3-6-19/h9-10,15,19-20H,1-8,11-14,16-18H2,(H,25,28). The predicted octanol–water partition coefficient (Wildman–Crippen LogP) is 3.67. The fourth-order valence-corrected chi connectivity index (χ4v) is 4.47. The van der Waals surface area contributed by atoms with E-state index in [1.807, 2.05) is 17.0 Å². The van der Waals surface area contributed by atoms with Gasteiger partial charge in [0, 0.05) is 45.0 Å². The number of hydrogen-bond donors (Lipinski definition) is 1. The molecule has 6 heteroatoms. The Kier molecular flexibility index (Phi) is 7.25. The van der Waals surface area contributed by atoms with Crippen LogP contribution in [-0.4, -0.2) is 60.1 Å². The van der Waals surface area contributed by atoms with E-state index in [2.05, 4.69) is 15.2 Å². The first-order valence-electron chi connectivity index (χ1n) is 11.6. The Bertz CT molecular complexity index is 641. The third-order valence-electron chi connectivity index (χ3n) is 6.52. The summed E-state index contributed by atoms with van der Waals surface area (Å²) in [5, 5.41) is 3.06. The maximum absolute atomic E-state index is 12.6. The SMILES string of the molecule is O=C(NCc1ccc(OCC2CC2)nc1)N1CCCN(CC2CCCCC2)CC1. The van der Waals surface area contributed by atoms with Crippen molar-refractivity contribution in [3.05, 3.63) is 23.9 Å². The number of rotatable bonds is 7. The molecule has 6 nitrogen and oxygen atoms in total. The Morgan fingerprint density at radius 1 is 1.00 bits per heavy atom. The number of ether oxygens (including phenoxy) is 1. The van der Waals surface area contributed by atoms with Gasteiger partial charge in [-0.05, 0) is 56.0 Å². The van der Waals surface area contributed by atoms with Crippen LogP contribution in [0.15, 0.2) is 18.3 Å². The van der Waals surface area contributed by atoms with Crippen LogP contribution in [0.1, 0.15) is 56.9 Å². The summed E-state index contributed by atoms with van der Waals surface area (Å²) in [6.45, 7) is 6.29. The molecular formula is C23H36N4O2. The van der Waals surface area contributed by atoms with Gasteiger partial charge in [0.15, 0.2) is 0 Å². The van der Waals surface area contributed by atoms with Crippen molar-refractivity contribution in [2.24, 2.45) is 11.8 Å². The summed E-state index contributed by atoms with van der Waals surface area (Å²) < 4.78 is 5.67. The molecule has 29 heavy (non-hydrogen) atoms. The van der Waals surface area contributed by atoms with Crippen LogP contribution in [-0.2, 0) is 6.54 Å². The molecule has 1 saturated heterocycles. The molecule has 2 aliphatic carbocycles. The van der Waals surface area contributed by atoms with E-state index in [1.54, 1.807) is 6.20 Å². The quantitative estimate of drug-likeness (QED) is 0.759. The monoisotopic (exact) mass is 400 g/mol. The lowest BCUT2D eigenvalue weighted by atomic mass is 9.89. The van der Waals surface area contributed by atoms with Gasteiger partial charge in [0.1, 0.15) is 0 Å². The molecule has 0 atom stereocenters. The van der Waals surface area contributed by atoms with Gasteiger partial charge in [0.25, 0.3) is 0 Å². The minimum atomic E-state index is 0.0403. The highest BCUT2D eigenvalue weighted by atomic mass is 16.5. The van der Waals surface area contributed by atoms with Crippen molar-refractivity contribution in [3.8, 4) is 5.88 Å². The topological polar surface area (TPSA) is 57.7 Å². The van der Waals surface area contributed by atoms with Crippen molar-refractivity contribution in [1.82, 2.24) is 20.1 Å². The van der Waals surface area contributed by atoms with Crippen LogP contribution in [0.3, 0.4) is 0 Å². The minimum absolute atomic E-state index is 0.0403. The van der Waals surface area contributed by atoms with E-state index in [4.69, 9.17) is 4.74 Å².